The maximum atomic E-state index is 9.86. The predicted molar refractivity (Wildman–Crippen MR) is 50.4 cm³/mol. The predicted octanol–water partition coefficient (Wildman–Crippen LogP) is -1.26. The van der Waals surface area contributed by atoms with Crippen molar-refractivity contribution in [1.29, 1.82) is 0 Å². The number of hydrogen-bond donors (Lipinski definition) is 2. The van der Waals surface area contributed by atoms with Gasteiger partial charge < -0.3 is 29.2 Å². The number of aliphatic hydroxyl groups is 2. The van der Waals surface area contributed by atoms with Crippen LogP contribution in [0.1, 0.15) is 0 Å². The Morgan fingerprint density at radius 2 is 1.67 bits per heavy atom. The Morgan fingerprint density at radius 1 is 1.07 bits per heavy atom. The molecule has 0 aromatic heterocycles. The Morgan fingerprint density at radius 3 is 2.13 bits per heavy atom. The van der Waals surface area contributed by atoms with Crippen molar-refractivity contribution in [3.05, 3.63) is 0 Å². The second-order valence-electron chi connectivity index (χ2n) is 3.41. The summed E-state index contributed by atoms with van der Waals surface area (Å²) in [6.07, 6.45) is -3.94. The Labute approximate surface area is 88.7 Å². The Kier molecular flexibility index (Phi) is 4.91. The standard InChI is InChI=1S/C9H18O6/c1-12-4-5-6(10)7(13-2)8(14-3)9(11)15-5/h5-11H,4H2,1-3H3/t5-,6-,7+,8-,9-/m1/s1. The molecule has 0 unspecified atom stereocenters. The summed E-state index contributed by atoms with van der Waals surface area (Å²) in [5.41, 5.74) is 0. The lowest BCUT2D eigenvalue weighted by molar-refractivity contribution is -0.296. The molecule has 0 radical (unpaired) electrons. The molecule has 1 aliphatic rings. The molecule has 0 saturated carbocycles. The molecular weight excluding hydrogens is 204 g/mol. The van der Waals surface area contributed by atoms with E-state index in [0.717, 1.165) is 0 Å². The minimum absolute atomic E-state index is 0.189. The molecule has 6 heteroatoms. The van der Waals surface area contributed by atoms with Crippen LogP contribution in [0, 0.1) is 0 Å². The zero-order valence-corrected chi connectivity index (χ0v) is 9.12. The highest BCUT2D eigenvalue weighted by atomic mass is 16.7. The molecule has 0 aromatic carbocycles. The van der Waals surface area contributed by atoms with E-state index in [-0.39, 0.29) is 6.61 Å². The van der Waals surface area contributed by atoms with Crippen LogP contribution in [0.15, 0.2) is 0 Å². The van der Waals surface area contributed by atoms with Gasteiger partial charge in [-0.1, -0.05) is 0 Å². The van der Waals surface area contributed by atoms with Gasteiger partial charge in [-0.15, -0.1) is 0 Å². The quantitative estimate of drug-likeness (QED) is 0.618. The molecule has 2 N–H and O–H groups in total. The van der Waals surface area contributed by atoms with Crippen LogP contribution in [0.25, 0.3) is 0 Å². The lowest BCUT2D eigenvalue weighted by atomic mass is 9.99. The van der Waals surface area contributed by atoms with Crippen LogP contribution in [0.5, 0.6) is 0 Å². The zero-order valence-electron chi connectivity index (χ0n) is 9.12. The van der Waals surface area contributed by atoms with Gasteiger partial charge in [0.15, 0.2) is 6.29 Å². The van der Waals surface area contributed by atoms with Crippen molar-refractivity contribution in [3.63, 3.8) is 0 Å². The average molecular weight is 222 g/mol. The van der Waals surface area contributed by atoms with Crippen LogP contribution in [-0.4, -0.2) is 68.9 Å². The van der Waals surface area contributed by atoms with E-state index in [9.17, 15) is 10.2 Å². The average Bonchev–Trinajstić information content (AvgIpc) is 2.22. The number of methoxy groups -OCH3 is 3. The van der Waals surface area contributed by atoms with Crippen LogP contribution < -0.4 is 0 Å². The molecule has 1 rings (SSSR count). The van der Waals surface area contributed by atoms with Crippen molar-refractivity contribution < 1.29 is 29.2 Å². The fourth-order valence-corrected chi connectivity index (χ4v) is 1.73. The van der Waals surface area contributed by atoms with Crippen molar-refractivity contribution in [2.24, 2.45) is 0 Å². The third-order valence-corrected chi connectivity index (χ3v) is 2.51. The lowest BCUT2D eigenvalue weighted by Gasteiger charge is -2.41. The van der Waals surface area contributed by atoms with Gasteiger partial charge in [0.25, 0.3) is 0 Å². The molecule has 90 valence electrons. The first-order chi connectivity index (χ1) is 7.15. The molecule has 6 nitrogen and oxygen atoms in total. The first-order valence-electron chi connectivity index (χ1n) is 4.71. The first-order valence-corrected chi connectivity index (χ1v) is 4.71. The highest BCUT2D eigenvalue weighted by Crippen LogP contribution is 2.23. The lowest BCUT2D eigenvalue weighted by Crippen LogP contribution is -2.59. The maximum absolute atomic E-state index is 9.86. The van der Waals surface area contributed by atoms with Crippen molar-refractivity contribution in [1.82, 2.24) is 0 Å². The summed E-state index contributed by atoms with van der Waals surface area (Å²) in [5, 5.41) is 19.4. The molecule has 0 aliphatic carbocycles. The zero-order chi connectivity index (χ0) is 11.4. The van der Waals surface area contributed by atoms with Gasteiger partial charge in [-0.25, -0.2) is 0 Å². The smallest absolute Gasteiger partial charge is 0.184 e. The van der Waals surface area contributed by atoms with Crippen LogP contribution in [-0.2, 0) is 18.9 Å². The third-order valence-electron chi connectivity index (χ3n) is 2.51. The van der Waals surface area contributed by atoms with Crippen molar-refractivity contribution >= 4 is 0 Å². The van der Waals surface area contributed by atoms with E-state index in [1.165, 1.54) is 21.3 Å². The largest absolute Gasteiger partial charge is 0.387 e. The molecule has 0 amide bonds. The molecule has 15 heavy (non-hydrogen) atoms. The van der Waals surface area contributed by atoms with Gasteiger partial charge >= 0.3 is 0 Å². The molecule has 1 saturated heterocycles. The fraction of sp³-hybridized carbons (Fsp3) is 1.00. The van der Waals surface area contributed by atoms with Crippen molar-refractivity contribution in [3.8, 4) is 0 Å². The Balaban J connectivity index is 2.70. The second kappa shape index (κ2) is 5.74. The van der Waals surface area contributed by atoms with Crippen LogP contribution in [0.4, 0.5) is 0 Å². The van der Waals surface area contributed by atoms with E-state index in [0.29, 0.717) is 0 Å². The number of hydrogen-bond acceptors (Lipinski definition) is 6. The van der Waals surface area contributed by atoms with Gasteiger partial charge in [0.1, 0.15) is 24.4 Å². The van der Waals surface area contributed by atoms with Crippen LogP contribution in [0.2, 0.25) is 0 Å². The maximum Gasteiger partial charge on any atom is 0.184 e. The van der Waals surface area contributed by atoms with Gasteiger partial charge in [-0.2, -0.15) is 0 Å². The summed E-state index contributed by atoms with van der Waals surface area (Å²) < 4.78 is 20.1. The molecule has 1 aliphatic heterocycles. The van der Waals surface area contributed by atoms with Gasteiger partial charge in [0.2, 0.25) is 0 Å². The summed E-state index contributed by atoms with van der Waals surface area (Å²) in [5.74, 6) is 0. The van der Waals surface area contributed by atoms with Gasteiger partial charge in [-0.3, -0.25) is 0 Å². The summed E-state index contributed by atoms with van der Waals surface area (Å²) >= 11 is 0. The molecule has 1 fully saturated rings. The summed E-state index contributed by atoms with van der Waals surface area (Å²) in [4.78, 5) is 0. The van der Waals surface area contributed by atoms with Crippen molar-refractivity contribution in [2.45, 2.75) is 30.7 Å². The third kappa shape index (κ3) is 2.66. The summed E-state index contributed by atoms with van der Waals surface area (Å²) in [6.45, 7) is 0.189. The van der Waals surface area contributed by atoms with E-state index in [1.54, 1.807) is 0 Å². The molecule has 0 spiro atoms. The fourth-order valence-electron chi connectivity index (χ4n) is 1.73. The molecule has 1 heterocycles. The second-order valence-corrected chi connectivity index (χ2v) is 3.41. The summed E-state index contributed by atoms with van der Waals surface area (Å²) in [7, 11) is 4.36. The van der Waals surface area contributed by atoms with Gasteiger partial charge in [-0.05, 0) is 0 Å². The van der Waals surface area contributed by atoms with E-state index >= 15 is 0 Å². The van der Waals surface area contributed by atoms with Crippen LogP contribution in [0.3, 0.4) is 0 Å². The van der Waals surface area contributed by atoms with Gasteiger partial charge in [0, 0.05) is 21.3 Å². The summed E-state index contributed by atoms with van der Waals surface area (Å²) in [6, 6.07) is 0. The van der Waals surface area contributed by atoms with E-state index < -0.39 is 30.7 Å². The monoisotopic (exact) mass is 222 g/mol. The van der Waals surface area contributed by atoms with E-state index in [4.69, 9.17) is 18.9 Å². The van der Waals surface area contributed by atoms with E-state index in [2.05, 4.69) is 0 Å². The first kappa shape index (κ1) is 12.8. The van der Waals surface area contributed by atoms with Gasteiger partial charge in [0.05, 0.1) is 6.61 Å². The molecule has 0 bridgehead atoms. The van der Waals surface area contributed by atoms with Crippen molar-refractivity contribution in [2.75, 3.05) is 27.9 Å². The number of rotatable bonds is 4. The minimum atomic E-state index is -1.12. The minimum Gasteiger partial charge on any atom is -0.387 e. The SMILES string of the molecule is COC[C@H]1O[C@@H](O)[C@H](OC)[C@@H](OC)[C@@H]1O. The number of ether oxygens (including phenoxy) is 4. The van der Waals surface area contributed by atoms with Crippen LogP contribution >= 0.6 is 0 Å². The molecular formula is C9H18O6. The highest BCUT2D eigenvalue weighted by Gasteiger charge is 2.45. The Bertz CT molecular complexity index is 187. The Hall–Kier alpha value is -0.240. The molecule has 0 aromatic rings. The number of aliphatic hydroxyl groups excluding tert-OH is 2. The topological polar surface area (TPSA) is 77.4 Å². The van der Waals surface area contributed by atoms with E-state index in [1.807, 2.05) is 0 Å². The molecule has 5 atom stereocenters. The normalized spacial score (nSPS) is 41.8. The highest BCUT2D eigenvalue weighted by molar-refractivity contribution is 4.90.